The highest BCUT2D eigenvalue weighted by Crippen LogP contribution is 2.16. The lowest BCUT2D eigenvalue weighted by atomic mass is 10.1. The lowest BCUT2D eigenvalue weighted by molar-refractivity contribution is -0.136. The van der Waals surface area contributed by atoms with Gasteiger partial charge in [0, 0.05) is 19.5 Å². The maximum atomic E-state index is 12.7. The van der Waals surface area contributed by atoms with Gasteiger partial charge in [0.25, 0.3) is 0 Å². The van der Waals surface area contributed by atoms with E-state index in [4.69, 9.17) is 9.84 Å². The first-order valence-corrected chi connectivity index (χ1v) is 11.0. The molecule has 5 nitrogen and oxygen atoms in total. The van der Waals surface area contributed by atoms with Crippen molar-refractivity contribution in [3.8, 4) is 0 Å². The average Bonchev–Trinajstić information content (AvgIpc) is 2.64. The van der Waals surface area contributed by atoms with Crippen LogP contribution in [0.15, 0.2) is 24.3 Å². The number of benzene rings is 1. The zero-order valence-corrected chi connectivity index (χ0v) is 18.7. The Morgan fingerprint density at radius 1 is 0.931 bits per heavy atom. The van der Waals surface area contributed by atoms with E-state index in [2.05, 4.69) is 6.92 Å². The third-order valence-electron chi connectivity index (χ3n) is 4.71. The van der Waals surface area contributed by atoms with E-state index in [-0.39, 0.29) is 12.5 Å². The van der Waals surface area contributed by atoms with Crippen molar-refractivity contribution in [3.63, 3.8) is 0 Å². The van der Waals surface area contributed by atoms with E-state index in [0.717, 1.165) is 24.0 Å². The number of carbonyl (C=O) groups excluding carboxylic acids is 1. The topological polar surface area (TPSA) is 66.8 Å². The minimum absolute atomic E-state index is 0.127. The summed E-state index contributed by atoms with van der Waals surface area (Å²) >= 11 is 0. The molecule has 1 aromatic rings. The zero-order valence-electron chi connectivity index (χ0n) is 18.7. The number of amides is 1. The zero-order chi connectivity index (χ0) is 21.7. The minimum atomic E-state index is -0.792. The summed E-state index contributed by atoms with van der Waals surface area (Å²) in [6.07, 6.45) is 8.77. The molecule has 0 unspecified atom stereocenters. The van der Waals surface area contributed by atoms with Gasteiger partial charge in [-0.1, -0.05) is 69.7 Å². The normalized spacial score (nSPS) is 11.3. The van der Waals surface area contributed by atoms with Crippen molar-refractivity contribution in [1.29, 1.82) is 0 Å². The van der Waals surface area contributed by atoms with Gasteiger partial charge in [-0.25, -0.2) is 4.79 Å². The molecule has 0 heterocycles. The van der Waals surface area contributed by atoms with E-state index in [0.29, 0.717) is 19.5 Å². The van der Waals surface area contributed by atoms with Crippen LogP contribution in [0.4, 0.5) is 4.79 Å². The lowest BCUT2D eigenvalue weighted by Crippen LogP contribution is -2.37. The monoisotopic (exact) mass is 405 g/mol. The van der Waals surface area contributed by atoms with E-state index in [1.54, 1.807) is 4.90 Å². The first-order chi connectivity index (χ1) is 13.7. The second-order valence-corrected chi connectivity index (χ2v) is 8.73. The quantitative estimate of drug-likeness (QED) is 0.397. The standard InChI is InChI=1S/C24H39NO4/c1-5-6-7-8-9-10-11-18-25(23(28)29-24(2,3)4)19-21-14-12-20(13-15-21)16-17-22(26)27/h12-15H,5-11,16-19H2,1-4H3,(H,26,27). The molecule has 0 saturated carbocycles. The van der Waals surface area contributed by atoms with E-state index in [1.165, 1.54) is 32.1 Å². The molecular weight excluding hydrogens is 366 g/mol. The molecule has 0 aromatic heterocycles. The number of ether oxygens (including phenoxy) is 1. The highest BCUT2D eigenvalue weighted by atomic mass is 16.6. The van der Waals surface area contributed by atoms with Gasteiger partial charge in [0.2, 0.25) is 0 Å². The molecule has 29 heavy (non-hydrogen) atoms. The van der Waals surface area contributed by atoms with Gasteiger partial charge in [0.05, 0.1) is 0 Å². The smallest absolute Gasteiger partial charge is 0.410 e. The van der Waals surface area contributed by atoms with Crippen LogP contribution in [0.25, 0.3) is 0 Å². The summed E-state index contributed by atoms with van der Waals surface area (Å²) in [7, 11) is 0. The molecule has 0 aliphatic rings. The summed E-state index contributed by atoms with van der Waals surface area (Å²) in [5.74, 6) is -0.792. The van der Waals surface area contributed by atoms with Gasteiger partial charge in [-0.15, -0.1) is 0 Å². The maximum Gasteiger partial charge on any atom is 0.410 e. The first-order valence-electron chi connectivity index (χ1n) is 11.0. The van der Waals surface area contributed by atoms with Gasteiger partial charge in [-0.2, -0.15) is 0 Å². The molecule has 0 aliphatic heterocycles. The van der Waals surface area contributed by atoms with Gasteiger partial charge in [0.15, 0.2) is 0 Å². The van der Waals surface area contributed by atoms with E-state index in [9.17, 15) is 9.59 Å². The third-order valence-corrected chi connectivity index (χ3v) is 4.71. The highest BCUT2D eigenvalue weighted by Gasteiger charge is 2.22. The van der Waals surface area contributed by atoms with Crippen molar-refractivity contribution in [2.45, 2.75) is 97.6 Å². The lowest BCUT2D eigenvalue weighted by Gasteiger charge is -2.27. The number of unbranched alkanes of at least 4 members (excludes halogenated alkanes) is 6. The van der Waals surface area contributed by atoms with Gasteiger partial charge in [-0.05, 0) is 44.7 Å². The van der Waals surface area contributed by atoms with Crippen molar-refractivity contribution in [3.05, 3.63) is 35.4 Å². The van der Waals surface area contributed by atoms with E-state index in [1.807, 2.05) is 45.0 Å². The molecule has 5 heteroatoms. The van der Waals surface area contributed by atoms with Crippen LogP contribution in [0.5, 0.6) is 0 Å². The van der Waals surface area contributed by atoms with E-state index >= 15 is 0 Å². The molecule has 0 aliphatic carbocycles. The fraction of sp³-hybridized carbons (Fsp3) is 0.667. The van der Waals surface area contributed by atoms with Crippen molar-refractivity contribution >= 4 is 12.1 Å². The Kier molecular flexibility index (Phi) is 11.4. The SMILES string of the molecule is CCCCCCCCCN(Cc1ccc(CCC(=O)O)cc1)C(=O)OC(C)(C)C. The summed E-state index contributed by atoms with van der Waals surface area (Å²) in [4.78, 5) is 25.1. The van der Waals surface area contributed by atoms with Gasteiger partial charge < -0.3 is 14.7 Å². The van der Waals surface area contributed by atoms with Crippen LogP contribution in [-0.4, -0.2) is 34.2 Å². The number of carboxylic acid groups (broad SMARTS) is 1. The maximum absolute atomic E-state index is 12.7. The summed E-state index contributed by atoms with van der Waals surface area (Å²) in [6.45, 7) is 9.06. The van der Waals surface area contributed by atoms with Gasteiger partial charge in [0.1, 0.15) is 5.60 Å². The molecule has 1 amide bonds. The number of nitrogens with zero attached hydrogens (tertiary/aromatic N) is 1. The summed E-state index contributed by atoms with van der Waals surface area (Å²) in [5.41, 5.74) is 1.50. The highest BCUT2D eigenvalue weighted by molar-refractivity contribution is 5.68. The molecule has 0 saturated heterocycles. The molecule has 0 bridgehead atoms. The minimum Gasteiger partial charge on any atom is -0.481 e. The molecule has 1 N–H and O–H groups in total. The number of aliphatic carboxylic acids is 1. The van der Waals surface area contributed by atoms with Crippen molar-refractivity contribution < 1.29 is 19.4 Å². The summed E-state index contributed by atoms with van der Waals surface area (Å²) < 4.78 is 5.59. The van der Waals surface area contributed by atoms with Gasteiger partial charge >= 0.3 is 12.1 Å². The number of aryl methyl sites for hydroxylation is 1. The second-order valence-electron chi connectivity index (χ2n) is 8.73. The molecule has 1 rings (SSSR count). The largest absolute Gasteiger partial charge is 0.481 e. The molecule has 0 atom stereocenters. The Morgan fingerprint density at radius 2 is 1.48 bits per heavy atom. The Hall–Kier alpha value is -2.04. The number of rotatable bonds is 13. The van der Waals surface area contributed by atoms with Crippen LogP contribution >= 0.6 is 0 Å². The van der Waals surface area contributed by atoms with E-state index < -0.39 is 11.6 Å². The molecule has 164 valence electrons. The van der Waals surface area contributed by atoms with Crippen molar-refractivity contribution in [1.82, 2.24) is 4.90 Å². The van der Waals surface area contributed by atoms with Crippen LogP contribution in [0.1, 0.15) is 90.2 Å². The fourth-order valence-electron chi connectivity index (χ4n) is 3.10. The van der Waals surface area contributed by atoms with Crippen LogP contribution in [0.3, 0.4) is 0 Å². The molecule has 0 spiro atoms. The first kappa shape index (κ1) is 25.0. The number of hydrogen-bond acceptors (Lipinski definition) is 3. The van der Waals surface area contributed by atoms with Gasteiger partial charge in [-0.3, -0.25) is 4.79 Å². The summed E-state index contributed by atoms with van der Waals surface area (Å²) in [6, 6.07) is 7.83. The Labute approximate surface area is 176 Å². The van der Waals surface area contributed by atoms with Crippen LogP contribution < -0.4 is 0 Å². The van der Waals surface area contributed by atoms with Crippen LogP contribution in [0, 0.1) is 0 Å². The molecule has 0 radical (unpaired) electrons. The van der Waals surface area contributed by atoms with Crippen molar-refractivity contribution in [2.24, 2.45) is 0 Å². The Bertz CT molecular complexity index is 604. The number of carboxylic acids is 1. The average molecular weight is 406 g/mol. The Morgan fingerprint density at radius 3 is 2.03 bits per heavy atom. The Balaban J connectivity index is 2.60. The molecular formula is C24H39NO4. The number of carbonyl (C=O) groups is 2. The molecule has 1 aromatic carbocycles. The summed E-state index contributed by atoms with van der Waals surface area (Å²) in [5, 5.41) is 8.81. The van der Waals surface area contributed by atoms with Crippen LogP contribution in [0.2, 0.25) is 0 Å². The third kappa shape index (κ3) is 12.2. The predicted molar refractivity (Wildman–Crippen MR) is 117 cm³/mol. The predicted octanol–water partition coefficient (Wildman–Crippen LogP) is 6.19. The number of hydrogen-bond donors (Lipinski definition) is 1. The molecule has 0 fully saturated rings. The van der Waals surface area contributed by atoms with Crippen LogP contribution in [-0.2, 0) is 22.5 Å². The van der Waals surface area contributed by atoms with Crippen molar-refractivity contribution in [2.75, 3.05) is 6.54 Å². The fourth-order valence-corrected chi connectivity index (χ4v) is 3.10. The second kappa shape index (κ2) is 13.2.